The van der Waals surface area contributed by atoms with Gasteiger partial charge in [0.05, 0.1) is 0 Å². The molecule has 18 heavy (non-hydrogen) atoms. The van der Waals surface area contributed by atoms with Gasteiger partial charge in [0.1, 0.15) is 17.2 Å². The summed E-state index contributed by atoms with van der Waals surface area (Å²) < 4.78 is 9.75. The molecule has 1 aromatic carbocycles. The highest BCUT2D eigenvalue weighted by Gasteiger charge is 2.17. The van der Waals surface area contributed by atoms with E-state index in [-0.39, 0.29) is 5.56 Å². The molecule has 0 radical (unpaired) electrons. The first kappa shape index (κ1) is 11.9. The van der Waals surface area contributed by atoms with Gasteiger partial charge < -0.3 is 9.15 Å². The van der Waals surface area contributed by atoms with Crippen LogP contribution in [0.5, 0.6) is 0 Å². The Balaban J connectivity index is 2.45. The number of para-hydroxylation sites is 1. The van der Waals surface area contributed by atoms with Crippen LogP contribution in [0.3, 0.4) is 0 Å². The minimum atomic E-state index is -0.914. The van der Waals surface area contributed by atoms with Crippen molar-refractivity contribution in [2.45, 2.75) is 13.0 Å². The lowest BCUT2D eigenvalue weighted by atomic mass is 10.2. The summed E-state index contributed by atoms with van der Waals surface area (Å²) >= 11 is 0. The summed E-state index contributed by atoms with van der Waals surface area (Å²) in [6.07, 6.45) is -0.914. The SMILES string of the molecule is C[C@@H](C#N)OC(=O)c1cc2ccccc2oc1=O. The molecular formula is C13H9NO4. The molecule has 0 saturated heterocycles. The molecule has 5 heteroatoms. The van der Waals surface area contributed by atoms with Crippen molar-refractivity contribution in [2.75, 3.05) is 0 Å². The number of hydrogen-bond acceptors (Lipinski definition) is 5. The summed E-state index contributed by atoms with van der Waals surface area (Å²) in [4.78, 5) is 23.2. The average Bonchev–Trinajstić information content (AvgIpc) is 2.37. The molecule has 1 aromatic heterocycles. The van der Waals surface area contributed by atoms with Crippen LogP contribution >= 0.6 is 0 Å². The Morgan fingerprint density at radius 1 is 1.44 bits per heavy atom. The monoisotopic (exact) mass is 243 g/mol. The number of nitrogens with zero attached hydrogens (tertiary/aromatic N) is 1. The number of hydrogen-bond donors (Lipinski definition) is 0. The summed E-state index contributed by atoms with van der Waals surface area (Å²) in [7, 11) is 0. The normalized spacial score (nSPS) is 11.8. The molecule has 0 aliphatic carbocycles. The summed E-state index contributed by atoms with van der Waals surface area (Å²) in [5.74, 6) is -0.858. The van der Waals surface area contributed by atoms with Crippen LogP contribution in [0, 0.1) is 11.3 Å². The number of ether oxygens (including phenoxy) is 1. The van der Waals surface area contributed by atoms with Gasteiger partial charge in [-0.05, 0) is 19.1 Å². The van der Waals surface area contributed by atoms with E-state index in [1.165, 1.54) is 13.0 Å². The Hall–Kier alpha value is -2.61. The quantitative estimate of drug-likeness (QED) is 0.594. The van der Waals surface area contributed by atoms with E-state index in [0.29, 0.717) is 11.0 Å². The van der Waals surface area contributed by atoms with Crippen LogP contribution in [-0.2, 0) is 4.74 Å². The van der Waals surface area contributed by atoms with Gasteiger partial charge in [-0.25, -0.2) is 9.59 Å². The van der Waals surface area contributed by atoms with Crippen molar-refractivity contribution in [3.63, 3.8) is 0 Å². The predicted molar refractivity (Wildman–Crippen MR) is 63.0 cm³/mol. The molecule has 0 fully saturated rings. The Labute approximate surface area is 102 Å². The topological polar surface area (TPSA) is 80.3 Å². The predicted octanol–water partition coefficient (Wildman–Crippen LogP) is 1.86. The zero-order valence-corrected chi connectivity index (χ0v) is 9.54. The van der Waals surface area contributed by atoms with Gasteiger partial charge in [0.25, 0.3) is 0 Å². The number of benzene rings is 1. The molecule has 1 heterocycles. The molecule has 5 nitrogen and oxygen atoms in total. The fourth-order valence-corrected chi connectivity index (χ4v) is 1.45. The van der Waals surface area contributed by atoms with Crippen LogP contribution < -0.4 is 5.63 Å². The minimum absolute atomic E-state index is 0.212. The zero-order chi connectivity index (χ0) is 13.1. The molecule has 0 aliphatic rings. The summed E-state index contributed by atoms with van der Waals surface area (Å²) in [6, 6.07) is 9.97. The van der Waals surface area contributed by atoms with Crippen LogP contribution in [0.25, 0.3) is 11.0 Å². The summed E-state index contributed by atoms with van der Waals surface area (Å²) in [5, 5.41) is 9.16. The largest absolute Gasteiger partial charge is 0.443 e. The molecule has 1 atom stereocenters. The van der Waals surface area contributed by atoms with E-state index in [9.17, 15) is 9.59 Å². The van der Waals surface area contributed by atoms with E-state index in [1.54, 1.807) is 30.3 Å². The van der Waals surface area contributed by atoms with Crippen molar-refractivity contribution in [3.8, 4) is 6.07 Å². The molecule has 2 aromatic rings. The molecule has 0 unspecified atom stereocenters. The van der Waals surface area contributed by atoms with Crippen molar-refractivity contribution in [2.24, 2.45) is 0 Å². The van der Waals surface area contributed by atoms with E-state index in [2.05, 4.69) is 0 Å². The third kappa shape index (κ3) is 2.23. The average molecular weight is 243 g/mol. The molecule has 0 spiro atoms. The maximum Gasteiger partial charge on any atom is 0.351 e. The fourth-order valence-electron chi connectivity index (χ4n) is 1.45. The van der Waals surface area contributed by atoms with Crippen LogP contribution in [0.1, 0.15) is 17.3 Å². The fraction of sp³-hybridized carbons (Fsp3) is 0.154. The van der Waals surface area contributed by atoms with Crippen molar-refractivity contribution >= 4 is 16.9 Å². The molecular weight excluding hydrogens is 234 g/mol. The van der Waals surface area contributed by atoms with Gasteiger partial charge >= 0.3 is 11.6 Å². The Bertz CT molecular complexity index is 696. The van der Waals surface area contributed by atoms with E-state index in [4.69, 9.17) is 14.4 Å². The molecule has 0 N–H and O–H groups in total. The number of rotatable bonds is 2. The second-order valence-electron chi connectivity index (χ2n) is 3.66. The molecule has 2 rings (SSSR count). The smallest absolute Gasteiger partial charge is 0.351 e. The van der Waals surface area contributed by atoms with Gasteiger partial charge in [-0.2, -0.15) is 5.26 Å². The van der Waals surface area contributed by atoms with E-state index >= 15 is 0 Å². The van der Waals surface area contributed by atoms with Gasteiger partial charge in [-0.3, -0.25) is 0 Å². The van der Waals surface area contributed by atoms with Gasteiger partial charge in [0.2, 0.25) is 0 Å². The van der Waals surface area contributed by atoms with E-state index in [0.717, 1.165) is 0 Å². The highest BCUT2D eigenvalue weighted by molar-refractivity contribution is 5.92. The van der Waals surface area contributed by atoms with Crippen molar-refractivity contribution in [1.82, 2.24) is 0 Å². The van der Waals surface area contributed by atoms with Crippen LogP contribution in [0.2, 0.25) is 0 Å². The second kappa shape index (κ2) is 4.72. The zero-order valence-electron chi connectivity index (χ0n) is 9.54. The second-order valence-corrected chi connectivity index (χ2v) is 3.66. The number of nitriles is 1. The summed E-state index contributed by atoms with van der Waals surface area (Å²) in [5.41, 5.74) is -0.591. The molecule has 0 bridgehead atoms. The highest BCUT2D eigenvalue weighted by atomic mass is 16.5. The molecule has 0 amide bonds. The van der Waals surface area contributed by atoms with Gasteiger partial charge in [-0.15, -0.1) is 0 Å². The number of carbonyl (C=O) groups excluding carboxylic acids is 1. The number of fused-ring (bicyclic) bond motifs is 1. The first-order valence-corrected chi connectivity index (χ1v) is 5.25. The van der Waals surface area contributed by atoms with Crippen LogP contribution in [0.15, 0.2) is 39.5 Å². The first-order chi connectivity index (χ1) is 8.61. The summed E-state index contributed by atoms with van der Waals surface area (Å²) in [6.45, 7) is 1.42. The number of esters is 1. The van der Waals surface area contributed by atoms with Gasteiger partial charge in [0, 0.05) is 5.39 Å². The highest BCUT2D eigenvalue weighted by Crippen LogP contribution is 2.13. The van der Waals surface area contributed by atoms with Crippen molar-refractivity contribution in [1.29, 1.82) is 5.26 Å². The molecule has 0 aliphatic heterocycles. The van der Waals surface area contributed by atoms with E-state index < -0.39 is 17.7 Å². The number of carbonyl (C=O) groups is 1. The lowest BCUT2D eigenvalue weighted by molar-refractivity contribution is 0.0431. The van der Waals surface area contributed by atoms with Crippen molar-refractivity contribution < 1.29 is 13.9 Å². The van der Waals surface area contributed by atoms with Crippen LogP contribution in [0.4, 0.5) is 0 Å². The van der Waals surface area contributed by atoms with Gasteiger partial charge in [-0.1, -0.05) is 18.2 Å². The third-order valence-corrected chi connectivity index (χ3v) is 2.33. The van der Waals surface area contributed by atoms with E-state index in [1.807, 2.05) is 0 Å². The minimum Gasteiger partial charge on any atom is -0.443 e. The lowest BCUT2D eigenvalue weighted by Gasteiger charge is -2.05. The Morgan fingerprint density at radius 2 is 2.17 bits per heavy atom. The molecule has 0 saturated carbocycles. The maximum absolute atomic E-state index is 11.6. The lowest BCUT2D eigenvalue weighted by Crippen LogP contribution is -2.20. The molecule has 90 valence electrons. The van der Waals surface area contributed by atoms with Crippen molar-refractivity contribution in [3.05, 3.63) is 46.3 Å². The Kier molecular flexibility index (Phi) is 3.11. The Morgan fingerprint density at radius 3 is 2.89 bits per heavy atom. The first-order valence-electron chi connectivity index (χ1n) is 5.25. The van der Waals surface area contributed by atoms with Crippen LogP contribution in [-0.4, -0.2) is 12.1 Å². The standard InChI is InChI=1S/C13H9NO4/c1-8(7-14)17-12(15)10-6-9-4-2-3-5-11(9)18-13(10)16/h2-6,8H,1H3/t8-/m0/s1. The third-order valence-electron chi connectivity index (χ3n) is 2.33. The van der Waals surface area contributed by atoms with Gasteiger partial charge in [0.15, 0.2) is 6.10 Å². The maximum atomic E-state index is 11.6.